The van der Waals surface area contributed by atoms with Crippen molar-refractivity contribution in [3.05, 3.63) is 29.6 Å². The first-order valence-electron chi connectivity index (χ1n) is 3.96. The molecular weight excluding hydrogens is 193 g/mol. The zero-order valence-electron chi connectivity index (χ0n) is 7.00. The van der Waals surface area contributed by atoms with E-state index >= 15 is 0 Å². The van der Waals surface area contributed by atoms with Gasteiger partial charge in [-0.25, -0.2) is 4.39 Å². The molecule has 1 atom stereocenters. The zero-order valence-corrected chi connectivity index (χ0v) is 7.81. The fourth-order valence-electron chi connectivity index (χ4n) is 1.44. The van der Waals surface area contributed by atoms with E-state index in [1.807, 2.05) is 0 Å². The van der Waals surface area contributed by atoms with E-state index in [1.54, 1.807) is 12.1 Å². The zero-order chi connectivity index (χ0) is 8.55. The molecule has 0 radical (unpaired) electrons. The molecule has 0 amide bonds. The minimum Gasteiger partial charge on any atom is -0.493 e. The number of hydrogen-bond acceptors (Lipinski definition) is 2. The molecule has 4 heteroatoms. The molecule has 72 valence electrons. The lowest BCUT2D eigenvalue weighted by Gasteiger charge is -2.22. The largest absolute Gasteiger partial charge is 0.493 e. The maximum Gasteiger partial charge on any atom is 0.131 e. The van der Waals surface area contributed by atoms with E-state index in [2.05, 4.69) is 0 Å². The fraction of sp³-hybridized carbons (Fsp3) is 0.333. The quantitative estimate of drug-likeness (QED) is 0.700. The molecule has 0 aliphatic carbocycles. The molecule has 0 saturated heterocycles. The summed E-state index contributed by atoms with van der Waals surface area (Å²) in [6.07, 6.45) is 0.688. The van der Waals surface area contributed by atoms with Crippen LogP contribution >= 0.6 is 12.4 Å². The van der Waals surface area contributed by atoms with Crippen molar-refractivity contribution >= 4 is 12.4 Å². The third-order valence-electron chi connectivity index (χ3n) is 2.07. The summed E-state index contributed by atoms with van der Waals surface area (Å²) in [5.41, 5.74) is 6.24. The summed E-state index contributed by atoms with van der Waals surface area (Å²) in [5, 5.41) is 0. The standard InChI is InChI=1S/C9H10FNO.ClH/c10-6-2-1-3-8-9(6)7(11)4-5-12-8;/h1-3,7H,4-5,11H2;1H/t7-;/m0./s1. The van der Waals surface area contributed by atoms with Crippen molar-refractivity contribution in [1.29, 1.82) is 0 Å². The fourth-order valence-corrected chi connectivity index (χ4v) is 1.44. The van der Waals surface area contributed by atoms with Gasteiger partial charge in [0.2, 0.25) is 0 Å². The maximum atomic E-state index is 13.2. The number of rotatable bonds is 0. The maximum absolute atomic E-state index is 13.2. The van der Waals surface area contributed by atoms with Gasteiger partial charge in [0.05, 0.1) is 6.61 Å². The van der Waals surface area contributed by atoms with Crippen LogP contribution in [0.3, 0.4) is 0 Å². The van der Waals surface area contributed by atoms with E-state index in [4.69, 9.17) is 10.5 Å². The summed E-state index contributed by atoms with van der Waals surface area (Å²) in [7, 11) is 0. The van der Waals surface area contributed by atoms with Crippen molar-refractivity contribution < 1.29 is 9.13 Å². The molecule has 2 N–H and O–H groups in total. The second-order valence-corrected chi connectivity index (χ2v) is 2.90. The molecule has 1 aromatic carbocycles. The summed E-state index contributed by atoms with van der Waals surface area (Å²) >= 11 is 0. The van der Waals surface area contributed by atoms with Crippen molar-refractivity contribution in [3.63, 3.8) is 0 Å². The number of halogens is 2. The lowest BCUT2D eigenvalue weighted by molar-refractivity contribution is 0.264. The Kier molecular flexibility index (Phi) is 3.12. The Balaban J connectivity index is 0.000000845. The van der Waals surface area contributed by atoms with Crippen LogP contribution < -0.4 is 10.5 Å². The van der Waals surface area contributed by atoms with Gasteiger partial charge in [0.25, 0.3) is 0 Å². The topological polar surface area (TPSA) is 35.2 Å². The van der Waals surface area contributed by atoms with Crippen LogP contribution in [0.4, 0.5) is 4.39 Å². The Bertz CT molecular complexity index is 306. The highest BCUT2D eigenvalue weighted by Crippen LogP contribution is 2.31. The molecule has 2 nitrogen and oxygen atoms in total. The van der Waals surface area contributed by atoms with Crippen LogP contribution in [0.25, 0.3) is 0 Å². The van der Waals surface area contributed by atoms with Crippen molar-refractivity contribution in [2.24, 2.45) is 5.73 Å². The summed E-state index contributed by atoms with van der Waals surface area (Å²) < 4.78 is 18.4. The molecule has 2 rings (SSSR count). The Morgan fingerprint density at radius 2 is 2.23 bits per heavy atom. The predicted molar refractivity (Wildman–Crippen MR) is 50.7 cm³/mol. The third-order valence-corrected chi connectivity index (χ3v) is 2.07. The van der Waals surface area contributed by atoms with Crippen molar-refractivity contribution in [2.45, 2.75) is 12.5 Å². The first kappa shape index (κ1) is 10.3. The van der Waals surface area contributed by atoms with Gasteiger partial charge >= 0.3 is 0 Å². The number of fused-ring (bicyclic) bond motifs is 1. The summed E-state index contributed by atoms with van der Waals surface area (Å²) in [6, 6.07) is 4.58. The van der Waals surface area contributed by atoms with Crippen LogP contribution in [-0.2, 0) is 0 Å². The number of nitrogens with two attached hydrogens (primary N) is 1. The second kappa shape index (κ2) is 3.94. The van der Waals surface area contributed by atoms with Gasteiger partial charge in [0.1, 0.15) is 11.6 Å². The summed E-state index contributed by atoms with van der Waals surface area (Å²) in [5.74, 6) is 0.327. The Morgan fingerprint density at radius 3 is 2.92 bits per heavy atom. The van der Waals surface area contributed by atoms with Gasteiger partial charge < -0.3 is 10.5 Å². The van der Waals surface area contributed by atoms with Crippen LogP contribution in [0.2, 0.25) is 0 Å². The number of benzene rings is 1. The molecule has 0 saturated carbocycles. The first-order chi connectivity index (χ1) is 5.79. The molecule has 1 heterocycles. The van der Waals surface area contributed by atoms with Crippen LogP contribution in [0.15, 0.2) is 18.2 Å². The monoisotopic (exact) mass is 203 g/mol. The molecule has 0 aromatic heterocycles. The van der Waals surface area contributed by atoms with Gasteiger partial charge in [-0.05, 0) is 12.1 Å². The number of ether oxygens (including phenoxy) is 1. The van der Waals surface area contributed by atoms with Crippen LogP contribution in [0.1, 0.15) is 18.0 Å². The SMILES string of the molecule is Cl.N[C@H]1CCOc2cccc(F)c21. The van der Waals surface area contributed by atoms with E-state index in [-0.39, 0.29) is 24.3 Å². The molecule has 1 aliphatic heterocycles. The molecule has 0 unspecified atom stereocenters. The Morgan fingerprint density at radius 1 is 1.46 bits per heavy atom. The van der Waals surface area contributed by atoms with Crippen LogP contribution in [0, 0.1) is 5.82 Å². The Labute approximate surface area is 82.3 Å². The Hall–Kier alpha value is -0.800. The first-order valence-corrected chi connectivity index (χ1v) is 3.96. The lowest BCUT2D eigenvalue weighted by atomic mass is 10.0. The van der Waals surface area contributed by atoms with Crippen LogP contribution in [-0.4, -0.2) is 6.61 Å². The lowest BCUT2D eigenvalue weighted by Crippen LogP contribution is -2.21. The van der Waals surface area contributed by atoms with E-state index in [0.29, 0.717) is 24.3 Å². The minimum atomic E-state index is -0.264. The third kappa shape index (κ3) is 1.76. The average molecular weight is 204 g/mol. The molecule has 13 heavy (non-hydrogen) atoms. The highest BCUT2D eigenvalue weighted by molar-refractivity contribution is 5.85. The molecule has 1 aromatic rings. The minimum absolute atomic E-state index is 0. The smallest absolute Gasteiger partial charge is 0.131 e. The second-order valence-electron chi connectivity index (χ2n) is 2.90. The van der Waals surface area contributed by atoms with Crippen LogP contribution in [0.5, 0.6) is 5.75 Å². The van der Waals surface area contributed by atoms with Gasteiger partial charge in [-0.3, -0.25) is 0 Å². The van der Waals surface area contributed by atoms with Gasteiger partial charge in [-0.2, -0.15) is 0 Å². The van der Waals surface area contributed by atoms with Gasteiger partial charge in [-0.1, -0.05) is 6.07 Å². The van der Waals surface area contributed by atoms with Gasteiger partial charge in [-0.15, -0.1) is 12.4 Å². The van der Waals surface area contributed by atoms with Crippen molar-refractivity contribution in [3.8, 4) is 5.75 Å². The highest BCUT2D eigenvalue weighted by Gasteiger charge is 2.21. The van der Waals surface area contributed by atoms with E-state index in [0.717, 1.165) is 0 Å². The number of hydrogen-bond donors (Lipinski definition) is 1. The van der Waals surface area contributed by atoms with E-state index in [1.165, 1.54) is 6.07 Å². The molecule has 0 bridgehead atoms. The molecule has 0 fully saturated rings. The van der Waals surface area contributed by atoms with Gasteiger partial charge in [0.15, 0.2) is 0 Å². The average Bonchev–Trinajstić information content (AvgIpc) is 2.04. The highest BCUT2D eigenvalue weighted by atomic mass is 35.5. The summed E-state index contributed by atoms with van der Waals surface area (Å²) in [6.45, 7) is 0.581. The predicted octanol–water partition coefficient (Wildman–Crippen LogP) is 2.03. The van der Waals surface area contributed by atoms with E-state index < -0.39 is 0 Å². The molecular formula is C9H11ClFNO. The summed E-state index contributed by atoms with van der Waals surface area (Å²) in [4.78, 5) is 0. The molecule has 0 spiro atoms. The van der Waals surface area contributed by atoms with Crippen molar-refractivity contribution in [2.75, 3.05) is 6.61 Å². The molecule has 1 aliphatic rings. The van der Waals surface area contributed by atoms with E-state index in [9.17, 15) is 4.39 Å². The van der Waals surface area contributed by atoms with Crippen molar-refractivity contribution in [1.82, 2.24) is 0 Å². The normalized spacial score (nSPS) is 19.7. The van der Waals surface area contributed by atoms with Gasteiger partial charge in [0, 0.05) is 18.0 Å².